The fraction of sp³-hybridized carbons (Fsp3) is 0.333. The molecule has 0 aliphatic rings. The number of amides is 1. The van der Waals surface area contributed by atoms with Gasteiger partial charge in [-0.05, 0) is 18.6 Å². The van der Waals surface area contributed by atoms with E-state index < -0.39 is 11.7 Å². The highest BCUT2D eigenvalue weighted by Crippen LogP contribution is 2.49. The summed E-state index contributed by atoms with van der Waals surface area (Å²) in [5.41, 5.74) is 0.394. The monoisotopic (exact) mass is 441 g/mol. The first kappa shape index (κ1) is 20.6. The van der Waals surface area contributed by atoms with Crippen LogP contribution in [0.1, 0.15) is 19.8 Å². The zero-order chi connectivity index (χ0) is 20.0. The highest BCUT2D eigenvalue weighted by atomic mass is 79.9. The van der Waals surface area contributed by atoms with E-state index in [1.807, 2.05) is 0 Å². The number of hydrogen-bond acceptors (Lipinski definition) is 7. The second-order valence-electron chi connectivity index (χ2n) is 5.44. The summed E-state index contributed by atoms with van der Waals surface area (Å²) in [5, 5.41) is 13.7. The third kappa shape index (κ3) is 4.94. The molecule has 0 aliphatic heterocycles. The molecule has 0 unspecified atom stereocenters. The minimum absolute atomic E-state index is 0.0125. The molecule has 2 N–H and O–H groups in total. The molecule has 1 aromatic carbocycles. The van der Waals surface area contributed by atoms with E-state index in [0.29, 0.717) is 28.8 Å². The third-order valence-corrected chi connectivity index (χ3v) is 4.09. The summed E-state index contributed by atoms with van der Waals surface area (Å²) in [4.78, 5) is 23.4. The molecule has 146 valence electrons. The SMILES string of the molecule is COc1ccc(-c2oc(NC(=O)CCCBr)c(OC(C)=O)c2O)c(OC)c1. The van der Waals surface area contributed by atoms with E-state index in [0.717, 1.165) is 0 Å². The van der Waals surface area contributed by atoms with Crippen LogP contribution in [0.2, 0.25) is 0 Å². The van der Waals surface area contributed by atoms with Crippen molar-refractivity contribution < 1.29 is 33.3 Å². The van der Waals surface area contributed by atoms with Crippen LogP contribution < -0.4 is 19.5 Å². The molecule has 0 saturated heterocycles. The first-order chi connectivity index (χ1) is 12.9. The lowest BCUT2D eigenvalue weighted by atomic mass is 10.1. The van der Waals surface area contributed by atoms with E-state index in [4.69, 9.17) is 18.6 Å². The van der Waals surface area contributed by atoms with Crippen LogP contribution in [0.3, 0.4) is 0 Å². The number of halogens is 1. The quantitative estimate of drug-likeness (QED) is 0.474. The van der Waals surface area contributed by atoms with Crippen LogP contribution in [0.15, 0.2) is 22.6 Å². The van der Waals surface area contributed by atoms with Gasteiger partial charge in [0.2, 0.25) is 23.3 Å². The van der Waals surface area contributed by atoms with Crippen LogP contribution in [0.5, 0.6) is 23.0 Å². The van der Waals surface area contributed by atoms with Gasteiger partial charge in [-0.3, -0.25) is 14.9 Å². The highest BCUT2D eigenvalue weighted by Gasteiger charge is 2.27. The third-order valence-electron chi connectivity index (χ3n) is 3.53. The van der Waals surface area contributed by atoms with E-state index in [9.17, 15) is 14.7 Å². The van der Waals surface area contributed by atoms with Gasteiger partial charge in [0.15, 0.2) is 5.76 Å². The Morgan fingerprint density at radius 3 is 2.59 bits per heavy atom. The number of carbonyl (C=O) groups excluding carboxylic acids is 2. The molecule has 2 aromatic rings. The number of furan rings is 1. The predicted octanol–water partition coefficient (Wildman–Crippen LogP) is 3.71. The Kier molecular flexibility index (Phi) is 7.12. The van der Waals surface area contributed by atoms with Crippen LogP contribution in [0.4, 0.5) is 5.88 Å². The molecule has 27 heavy (non-hydrogen) atoms. The van der Waals surface area contributed by atoms with Gasteiger partial charge in [-0.15, -0.1) is 0 Å². The molecule has 0 spiro atoms. The maximum atomic E-state index is 12.0. The molecule has 2 rings (SSSR count). The number of aromatic hydroxyl groups is 1. The Labute approximate surface area is 164 Å². The maximum absolute atomic E-state index is 12.0. The molecular formula is C18H20BrNO7. The predicted molar refractivity (Wildman–Crippen MR) is 102 cm³/mol. The molecule has 9 heteroatoms. The molecule has 0 atom stereocenters. The van der Waals surface area contributed by atoms with E-state index in [2.05, 4.69) is 21.2 Å². The van der Waals surface area contributed by atoms with E-state index in [1.165, 1.54) is 21.1 Å². The second-order valence-corrected chi connectivity index (χ2v) is 6.23. The summed E-state index contributed by atoms with van der Waals surface area (Å²) in [7, 11) is 2.96. The number of esters is 1. The van der Waals surface area contributed by atoms with Gasteiger partial charge < -0.3 is 23.7 Å². The number of carbonyl (C=O) groups is 2. The van der Waals surface area contributed by atoms with E-state index in [1.54, 1.807) is 18.2 Å². The summed E-state index contributed by atoms with van der Waals surface area (Å²) < 4.78 is 21.1. The number of rotatable bonds is 8. The molecule has 0 radical (unpaired) electrons. The van der Waals surface area contributed by atoms with Crippen molar-refractivity contribution in [2.75, 3.05) is 24.9 Å². The molecule has 0 fully saturated rings. The van der Waals surface area contributed by atoms with Crippen molar-refractivity contribution in [2.24, 2.45) is 0 Å². The number of alkyl halides is 1. The van der Waals surface area contributed by atoms with E-state index in [-0.39, 0.29) is 29.7 Å². The maximum Gasteiger partial charge on any atom is 0.308 e. The smallest absolute Gasteiger partial charge is 0.308 e. The largest absolute Gasteiger partial charge is 0.502 e. The molecule has 8 nitrogen and oxygen atoms in total. The number of methoxy groups -OCH3 is 2. The highest BCUT2D eigenvalue weighted by molar-refractivity contribution is 9.09. The molecule has 1 heterocycles. The van der Waals surface area contributed by atoms with Crippen molar-refractivity contribution in [1.29, 1.82) is 0 Å². The number of ether oxygens (including phenoxy) is 3. The zero-order valence-corrected chi connectivity index (χ0v) is 16.7. The normalized spacial score (nSPS) is 10.4. The lowest BCUT2D eigenvalue weighted by Gasteiger charge is -2.08. The molecule has 0 bridgehead atoms. The average molecular weight is 442 g/mol. The first-order valence-corrected chi connectivity index (χ1v) is 9.15. The Hall–Kier alpha value is -2.68. The second kappa shape index (κ2) is 9.31. The van der Waals surface area contributed by atoms with Crippen LogP contribution in [-0.4, -0.2) is 36.5 Å². The zero-order valence-electron chi connectivity index (χ0n) is 15.1. The van der Waals surface area contributed by atoms with Crippen LogP contribution in [-0.2, 0) is 9.59 Å². The molecular weight excluding hydrogens is 422 g/mol. The van der Waals surface area contributed by atoms with Gasteiger partial charge in [0.1, 0.15) is 11.5 Å². The number of benzene rings is 1. The van der Waals surface area contributed by atoms with Crippen LogP contribution in [0.25, 0.3) is 11.3 Å². The number of anilines is 1. The van der Waals surface area contributed by atoms with Crippen LogP contribution >= 0.6 is 15.9 Å². The fourth-order valence-electron chi connectivity index (χ4n) is 2.31. The van der Waals surface area contributed by atoms with Gasteiger partial charge in [0.25, 0.3) is 0 Å². The van der Waals surface area contributed by atoms with Crippen molar-refractivity contribution in [3.63, 3.8) is 0 Å². The molecule has 1 amide bonds. The lowest BCUT2D eigenvalue weighted by molar-refractivity contribution is -0.132. The fourth-order valence-corrected chi connectivity index (χ4v) is 2.59. The van der Waals surface area contributed by atoms with Crippen molar-refractivity contribution in [3.8, 4) is 34.3 Å². The number of hydrogen-bond donors (Lipinski definition) is 2. The van der Waals surface area contributed by atoms with E-state index >= 15 is 0 Å². The summed E-state index contributed by atoms with van der Waals surface area (Å²) in [6.07, 6.45) is 0.841. The minimum atomic E-state index is -0.671. The van der Waals surface area contributed by atoms with Gasteiger partial charge in [-0.2, -0.15) is 0 Å². The van der Waals surface area contributed by atoms with Gasteiger partial charge in [-0.1, -0.05) is 15.9 Å². The topological polar surface area (TPSA) is 107 Å². The van der Waals surface area contributed by atoms with Gasteiger partial charge in [-0.25, -0.2) is 0 Å². The van der Waals surface area contributed by atoms with Gasteiger partial charge >= 0.3 is 5.97 Å². The summed E-state index contributed by atoms with van der Waals surface area (Å²) >= 11 is 3.25. The van der Waals surface area contributed by atoms with Crippen molar-refractivity contribution in [3.05, 3.63) is 18.2 Å². The lowest BCUT2D eigenvalue weighted by Crippen LogP contribution is -2.12. The summed E-state index contributed by atoms with van der Waals surface area (Å²) in [6, 6.07) is 4.88. The van der Waals surface area contributed by atoms with Gasteiger partial charge in [0.05, 0.1) is 19.8 Å². The average Bonchev–Trinajstić information content (AvgIpc) is 2.94. The Morgan fingerprint density at radius 2 is 2.00 bits per heavy atom. The number of nitrogens with one attached hydrogen (secondary N) is 1. The Balaban J connectivity index is 2.48. The Morgan fingerprint density at radius 1 is 1.26 bits per heavy atom. The van der Waals surface area contributed by atoms with Gasteiger partial charge in [0, 0.05) is 24.7 Å². The summed E-state index contributed by atoms with van der Waals surface area (Å²) in [5.74, 6) is -0.959. The van der Waals surface area contributed by atoms with Crippen molar-refractivity contribution in [1.82, 2.24) is 0 Å². The standard InChI is InChI=1S/C18H20BrNO7/c1-10(21)26-17-15(23)16(27-18(17)20-14(22)5-4-8-19)12-7-6-11(24-2)9-13(12)25-3/h6-7,9,23H,4-5,8H2,1-3H3,(H,20,22). The van der Waals surface area contributed by atoms with Crippen molar-refractivity contribution >= 4 is 33.7 Å². The van der Waals surface area contributed by atoms with Crippen molar-refractivity contribution in [2.45, 2.75) is 19.8 Å². The van der Waals surface area contributed by atoms with Crippen LogP contribution in [0, 0.1) is 0 Å². The molecule has 1 aromatic heterocycles. The molecule has 0 saturated carbocycles. The first-order valence-electron chi connectivity index (χ1n) is 8.03. The minimum Gasteiger partial charge on any atom is -0.502 e. The Bertz CT molecular complexity index is 831. The summed E-state index contributed by atoms with van der Waals surface area (Å²) in [6.45, 7) is 1.18. The molecule has 0 aliphatic carbocycles.